The van der Waals surface area contributed by atoms with Crippen molar-refractivity contribution in [3.05, 3.63) is 57.1 Å². The summed E-state index contributed by atoms with van der Waals surface area (Å²) in [4.78, 5) is 23.9. The van der Waals surface area contributed by atoms with Gasteiger partial charge < -0.3 is 14.3 Å². The molecule has 0 spiro atoms. The molecule has 3 rings (SSSR count). The first kappa shape index (κ1) is 13.4. The number of rotatable bonds is 2. The largest absolute Gasteiger partial charge is 0.422 e. The maximum Gasteiger partial charge on any atom is 0.349 e. The molecule has 2 aromatic heterocycles. The molecule has 0 bridgehead atoms. The van der Waals surface area contributed by atoms with Crippen LogP contribution in [0.1, 0.15) is 16.1 Å². The molecule has 1 N–H and O–H groups in total. The van der Waals surface area contributed by atoms with Crippen LogP contribution >= 0.6 is 11.6 Å². The van der Waals surface area contributed by atoms with E-state index in [4.69, 9.17) is 20.5 Å². The highest BCUT2D eigenvalue weighted by Crippen LogP contribution is 2.19. The fraction of sp³-hybridized carbons (Fsp3) is 0.0714. The fourth-order valence-electron chi connectivity index (χ4n) is 1.86. The van der Waals surface area contributed by atoms with Gasteiger partial charge in [-0.15, -0.1) is 0 Å². The van der Waals surface area contributed by atoms with E-state index in [1.807, 2.05) is 0 Å². The number of hydrogen-bond donors (Lipinski definition) is 1. The monoisotopic (exact) mass is 304 g/mol. The number of nitrogens with zero attached hydrogens (tertiary/aromatic N) is 1. The minimum Gasteiger partial charge on any atom is -0.422 e. The summed E-state index contributed by atoms with van der Waals surface area (Å²) in [6.45, 7) is 1.69. The summed E-state index contributed by atoms with van der Waals surface area (Å²) < 4.78 is 9.93. The Morgan fingerprint density at radius 1 is 1.29 bits per heavy atom. The Hall–Kier alpha value is -2.60. The van der Waals surface area contributed by atoms with E-state index < -0.39 is 11.5 Å². The second kappa shape index (κ2) is 5.06. The zero-order valence-corrected chi connectivity index (χ0v) is 11.6. The smallest absolute Gasteiger partial charge is 0.349 e. The average molecular weight is 305 g/mol. The van der Waals surface area contributed by atoms with Gasteiger partial charge in [0.05, 0.1) is 0 Å². The molecule has 0 aliphatic heterocycles. The van der Waals surface area contributed by atoms with Crippen LogP contribution in [-0.4, -0.2) is 11.1 Å². The normalized spacial score (nSPS) is 10.8. The third-order valence-electron chi connectivity index (χ3n) is 2.81. The van der Waals surface area contributed by atoms with Crippen LogP contribution in [0.25, 0.3) is 11.0 Å². The van der Waals surface area contributed by atoms with Crippen LogP contribution < -0.4 is 10.9 Å². The maximum absolute atomic E-state index is 12.1. The molecule has 0 aliphatic rings. The minimum atomic E-state index is -0.734. The van der Waals surface area contributed by atoms with E-state index in [0.29, 0.717) is 21.8 Å². The van der Waals surface area contributed by atoms with Crippen molar-refractivity contribution in [3.63, 3.8) is 0 Å². The molecule has 2 heterocycles. The number of amides is 1. The molecule has 1 aromatic carbocycles. The van der Waals surface area contributed by atoms with Gasteiger partial charge >= 0.3 is 5.63 Å². The Bertz CT molecular complexity index is 897. The number of anilines is 1. The highest BCUT2D eigenvalue weighted by Gasteiger charge is 2.15. The quantitative estimate of drug-likeness (QED) is 0.736. The fourth-order valence-corrected chi connectivity index (χ4v) is 2.04. The summed E-state index contributed by atoms with van der Waals surface area (Å²) in [5, 5.41) is 7.13. The van der Waals surface area contributed by atoms with E-state index in [9.17, 15) is 9.59 Å². The van der Waals surface area contributed by atoms with Crippen molar-refractivity contribution < 1.29 is 13.7 Å². The van der Waals surface area contributed by atoms with E-state index in [2.05, 4.69) is 10.5 Å². The molecular weight excluding hydrogens is 296 g/mol. The molecule has 106 valence electrons. The standard InChI is InChI=1S/C14H9ClN2O4/c1-7-4-12(17-21-7)16-13(18)10-6-8-5-9(15)2-3-11(8)20-14(10)19/h2-6H,1H3,(H,16,17,18). The SMILES string of the molecule is Cc1cc(NC(=O)c2cc3cc(Cl)ccc3oc2=O)no1. The van der Waals surface area contributed by atoms with Gasteiger partial charge in [0, 0.05) is 16.5 Å². The van der Waals surface area contributed by atoms with Gasteiger partial charge in [-0.05, 0) is 31.2 Å². The molecule has 0 saturated carbocycles. The molecule has 21 heavy (non-hydrogen) atoms. The van der Waals surface area contributed by atoms with Gasteiger partial charge in [-0.1, -0.05) is 16.8 Å². The summed E-state index contributed by atoms with van der Waals surface area (Å²) in [5.41, 5.74) is -0.508. The summed E-state index contributed by atoms with van der Waals surface area (Å²) >= 11 is 5.88. The lowest BCUT2D eigenvalue weighted by atomic mass is 10.2. The van der Waals surface area contributed by atoms with E-state index in [1.165, 1.54) is 12.1 Å². The van der Waals surface area contributed by atoms with Crippen LogP contribution in [0.15, 0.2) is 44.1 Å². The summed E-state index contributed by atoms with van der Waals surface area (Å²) in [7, 11) is 0. The number of benzene rings is 1. The molecule has 0 saturated heterocycles. The Morgan fingerprint density at radius 2 is 2.10 bits per heavy atom. The van der Waals surface area contributed by atoms with Crippen LogP contribution in [0, 0.1) is 6.92 Å². The number of nitrogens with one attached hydrogen (secondary N) is 1. The summed E-state index contributed by atoms with van der Waals surface area (Å²) in [5.74, 6) is 0.143. The number of carbonyl (C=O) groups is 1. The third-order valence-corrected chi connectivity index (χ3v) is 3.04. The van der Waals surface area contributed by atoms with Crippen molar-refractivity contribution >= 4 is 34.3 Å². The van der Waals surface area contributed by atoms with Crippen LogP contribution in [0.5, 0.6) is 0 Å². The first-order valence-electron chi connectivity index (χ1n) is 6.01. The van der Waals surface area contributed by atoms with Crippen LogP contribution in [-0.2, 0) is 0 Å². The topological polar surface area (TPSA) is 85.3 Å². The zero-order valence-electron chi connectivity index (χ0n) is 10.8. The third kappa shape index (κ3) is 2.66. The molecule has 0 atom stereocenters. The lowest BCUT2D eigenvalue weighted by molar-refractivity contribution is 0.102. The number of aryl methyl sites for hydroxylation is 1. The average Bonchev–Trinajstić information content (AvgIpc) is 2.83. The number of halogens is 1. The van der Waals surface area contributed by atoms with Gasteiger partial charge in [0.2, 0.25) is 0 Å². The van der Waals surface area contributed by atoms with E-state index in [1.54, 1.807) is 25.1 Å². The van der Waals surface area contributed by atoms with Gasteiger partial charge in [-0.2, -0.15) is 0 Å². The van der Waals surface area contributed by atoms with Crippen molar-refractivity contribution in [3.8, 4) is 0 Å². The molecule has 3 aromatic rings. The molecule has 0 radical (unpaired) electrons. The van der Waals surface area contributed by atoms with Crippen molar-refractivity contribution in [2.75, 3.05) is 5.32 Å². The van der Waals surface area contributed by atoms with Gasteiger partial charge in [-0.25, -0.2) is 4.79 Å². The number of fused-ring (bicyclic) bond motifs is 1. The van der Waals surface area contributed by atoms with E-state index in [0.717, 1.165) is 0 Å². The molecule has 0 fully saturated rings. The summed E-state index contributed by atoms with van der Waals surface area (Å²) in [6, 6.07) is 7.75. The Morgan fingerprint density at radius 3 is 2.81 bits per heavy atom. The van der Waals surface area contributed by atoms with Gasteiger partial charge in [0.1, 0.15) is 16.9 Å². The highest BCUT2D eigenvalue weighted by molar-refractivity contribution is 6.31. The Kier molecular flexibility index (Phi) is 3.23. The van der Waals surface area contributed by atoms with E-state index >= 15 is 0 Å². The van der Waals surface area contributed by atoms with Crippen LogP contribution in [0.3, 0.4) is 0 Å². The van der Waals surface area contributed by atoms with Crippen molar-refractivity contribution in [1.29, 1.82) is 0 Å². The number of carbonyl (C=O) groups excluding carboxylic acids is 1. The van der Waals surface area contributed by atoms with Crippen molar-refractivity contribution in [2.24, 2.45) is 0 Å². The predicted octanol–water partition coefficient (Wildman–Crippen LogP) is 3.00. The number of aromatic nitrogens is 1. The minimum absolute atomic E-state index is 0.134. The van der Waals surface area contributed by atoms with E-state index in [-0.39, 0.29) is 11.4 Å². The Labute approximate surface area is 123 Å². The maximum atomic E-state index is 12.1. The molecule has 0 unspecified atom stereocenters. The summed E-state index contributed by atoms with van der Waals surface area (Å²) in [6.07, 6.45) is 0. The predicted molar refractivity (Wildman–Crippen MR) is 76.7 cm³/mol. The second-order valence-electron chi connectivity index (χ2n) is 4.41. The van der Waals surface area contributed by atoms with Gasteiger partial charge in [-0.3, -0.25) is 4.79 Å². The highest BCUT2D eigenvalue weighted by atomic mass is 35.5. The molecule has 6 nitrogen and oxygen atoms in total. The zero-order chi connectivity index (χ0) is 15.0. The van der Waals surface area contributed by atoms with Gasteiger partial charge in [0.25, 0.3) is 5.91 Å². The van der Waals surface area contributed by atoms with Crippen LogP contribution in [0.2, 0.25) is 5.02 Å². The molecule has 1 amide bonds. The number of hydrogen-bond acceptors (Lipinski definition) is 5. The first-order valence-corrected chi connectivity index (χ1v) is 6.39. The van der Waals surface area contributed by atoms with Crippen LogP contribution in [0.4, 0.5) is 5.82 Å². The Balaban J connectivity index is 2.00. The van der Waals surface area contributed by atoms with Crippen molar-refractivity contribution in [1.82, 2.24) is 5.16 Å². The van der Waals surface area contributed by atoms with Gasteiger partial charge in [0.15, 0.2) is 5.82 Å². The molecular formula is C14H9ClN2O4. The second-order valence-corrected chi connectivity index (χ2v) is 4.84. The lowest BCUT2D eigenvalue weighted by Gasteiger charge is -2.02. The first-order chi connectivity index (χ1) is 10.0. The lowest BCUT2D eigenvalue weighted by Crippen LogP contribution is -2.20. The molecule has 7 heteroatoms. The van der Waals surface area contributed by atoms with Crippen molar-refractivity contribution in [2.45, 2.75) is 6.92 Å². The molecule has 0 aliphatic carbocycles.